The van der Waals surface area contributed by atoms with Crippen LogP contribution >= 0.6 is 15.9 Å². The molecule has 142 valence electrons. The van der Waals surface area contributed by atoms with Crippen molar-refractivity contribution in [3.05, 3.63) is 76.5 Å². The summed E-state index contributed by atoms with van der Waals surface area (Å²) in [7, 11) is -3.65. The Balaban J connectivity index is 1.72. The first kappa shape index (κ1) is 19.6. The Labute approximate surface area is 168 Å². The van der Waals surface area contributed by atoms with Crippen molar-refractivity contribution < 1.29 is 8.42 Å². The normalized spacial score (nSPS) is 12.1. The number of halogens is 1. The van der Waals surface area contributed by atoms with Crippen molar-refractivity contribution in [3.63, 3.8) is 0 Å². The quantitative estimate of drug-likeness (QED) is 0.611. The third-order valence-electron chi connectivity index (χ3n) is 4.17. The topological polar surface area (TPSA) is 64.0 Å². The van der Waals surface area contributed by atoms with Gasteiger partial charge < -0.3 is 0 Å². The lowest BCUT2D eigenvalue weighted by atomic mass is 9.87. The van der Waals surface area contributed by atoms with Gasteiger partial charge in [0.25, 0.3) is 10.0 Å². The minimum Gasteiger partial charge on any atom is -0.276 e. The molecule has 0 bridgehead atoms. The number of aromatic nitrogens is 2. The molecule has 0 aliphatic heterocycles. The highest BCUT2D eigenvalue weighted by atomic mass is 79.9. The van der Waals surface area contributed by atoms with Crippen molar-refractivity contribution in [2.75, 3.05) is 4.72 Å². The first-order valence-corrected chi connectivity index (χ1v) is 10.8. The zero-order valence-corrected chi connectivity index (χ0v) is 17.9. The highest BCUT2D eigenvalue weighted by Crippen LogP contribution is 2.24. The second kappa shape index (κ2) is 7.48. The molecule has 0 radical (unpaired) electrons. The molecule has 0 fully saturated rings. The van der Waals surface area contributed by atoms with Gasteiger partial charge in [-0.1, -0.05) is 61.0 Å². The Morgan fingerprint density at radius 3 is 2.26 bits per heavy atom. The minimum absolute atomic E-state index is 0.0239. The smallest absolute Gasteiger partial charge is 0.261 e. The maximum Gasteiger partial charge on any atom is 0.261 e. The van der Waals surface area contributed by atoms with Crippen LogP contribution in [0.1, 0.15) is 31.9 Å². The summed E-state index contributed by atoms with van der Waals surface area (Å²) in [6.07, 6.45) is 3.20. The molecule has 1 N–H and O–H groups in total. The van der Waals surface area contributed by atoms with Gasteiger partial charge in [0, 0.05) is 10.7 Å². The summed E-state index contributed by atoms with van der Waals surface area (Å²) in [5.41, 5.74) is 2.58. The van der Waals surface area contributed by atoms with Crippen molar-refractivity contribution in [1.82, 2.24) is 9.78 Å². The first-order chi connectivity index (χ1) is 12.6. The molecular weight excluding hydrogens is 426 g/mol. The SMILES string of the molecule is CC(C)(C)c1ccc(S(=O)(=O)Nc2cnn(Cc3ccc(Br)cc3)c2)cc1. The lowest BCUT2D eigenvalue weighted by molar-refractivity contribution is 0.587. The van der Waals surface area contributed by atoms with Crippen LogP contribution in [0.25, 0.3) is 0 Å². The maximum atomic E-state index is 12.6. The summed E-state index contributed by atoms with van der Waals surface area (Å²) in [5.74, 6) is 0. The van der Waals surface area contributed by atoms with Crippen molar-refractivity contribution in [2.24, 2.45) is 0 Å². The zero-order chi connectivity index (χ0) is 19.7. The predicted octanol–water partition coefficient (Wildman–Crippen LogP) is 4.79. The van der Waals surface area contributed by atoms with Crippen molar-refractivity contribution in [1.29, 1.82) is 0 Å². The highest BCUT2D eigenvalue weighted by molar-refractivity contribution is 9.10. The van der Waals surface area contributed by atoms with Crippen LogP contribution in [-0.2, 0) is 22.0 Å². The molecular formula is C20H22BrN3O2S. The van der Waals surface area contributed by atoms with Crippen LogP contribution < -0.4 is 4.72 Å². The van der Waals surface area contributed by atoms with Gasteiger partial charge in [0.05, 0.1) is 23.3 Å². The van der Waals surface area contributed by atoms with Crippen molar-refractivity contribution >= 4 is 31.6 Å². The first-order valence-electron chi connectivity index (χ1n) is 8.54. The molecule has 3 aromatic rings. The maximum absolute atomic E-state index is 12.6. The van der Waals surface area contributed by atoms with Gasteiger partial charge in [0.15, 0.2) is 0 Å². The summed E-state index contributed by atoms with van der Waals surface area (Å²) < 4.78 is 30.5. The lowest BCUT2D eigenvalue weighted by Gasteiger charge is -2.19. The molecule has 0 spiro atoms. The van der Waals surface area contributed by atoms with E-state index < -0.39 is 10.0 Å². The van der Waals surface area contributed by atoms with E-state index in [4.69, 9.17) is 0 Å². The monoisotopic (exact) mass is 447 g/mol. The van der Waals surface area contributed by atoms with Crippen molar-refractivity contribution in [3.8, 4) is 0 Å². The van der Waals surface area contributed by atoms with Crippen LogP contribution in [0, 0.1) is 0 Å². The van der Waals surface area contributed by atoms with Gasteiger partial charge in [0.2, 0.25) is 0 Å². The molecule has 0 saturated carbocycles. The number of rotatable bonds is 5. The van der Waals surface area contributed by atoms with Crippen LogP contribution in [0.2, 0.25) is 0 Å². The van der Waals surface area contributed by atoms with E-state index in [2.05, 4.69) is 46.5 Å². The molecule has 0 aliphatic carbocycles. The number of hydrogen-bond donors (Lipinski definition) is 1. The van der Waals surface area contributed by atoms with Gasteiger partial charge in [-0.25, -0.2) is 8.42 Å². The molecule has 1 aromatic heterocycles. The largest absolute Gasteiger partial charge is 0.276 e. The Kier molecular flexibility index (Phi) is 5.44. The average Bonchev–Trinajstić information content (AvgIpc) is 3.02. The number of nitrogens with one attached hydrogen (secondary N) is 1. The molecule has 1 heterocycles. The van der Waals surface area contributed by atoms with E-state index in [-0.39, 0.29) is 10.3 Å². The zero-order valence-electron chi connectivity index (χ0n) is 15.5. The van der Waals surface area contributed by atoms with Crippen molar-refractivity contribution in [2.45, 2.75) is 37.6 Å². The van der Waals surface area contributed by atoms with E-state index in [1.807, 2.05) is 36.4 Å². The fourth-order valence-electron chi connectivity index (χ4n) is 2.63. The molecule has 2 aromatic carbocycles. The molecule has 0 atom stereocenters. The molecule has 0 saturated heterocycles. The number of anilines is 1. The fraction of sp³-hybridized carbons (Fsp3) is 0.250. The highest BCUT2D eigenvalue weighted by Gasteiger charge is 2.18. The number of benzene rings is 2. The number of hydrogen-bond acceptors (Lipinski definition) is 3. The molecule has 3 rings (SSSR count). The third kappa shape index (κ3) is 4.99. The second-order valence-electron chi connectivity index (χ2n) is 7.43. The van der Waals surface area contributed by atoms with Crippen LogP contribution in [0.15, 0.2) is 70.3 Å². The molecule has 0 amide bonds. The molecule has 0 aliphatic rings. The Bertz CT molecular complexity index is 1020. The van der Waals surface area contributed by atoms with Gasteiger partial charge >= 0.3 is 0 Å². The summed E-state index contributed by atoms with van der Waals surface area (Å²) in [4.78, 5) is 0.233. The van der Waals surface area contributed by atoms with E-state index in [9.17, 15) is 8.42 Å². The summed E-state index contributed by atoms with van der Waals surface area (Å²) in [6.45, 7) is 6.84. The Hall–Kier alpha value is -2.12. The lowest BCUT2D eigenvalue weighted by Crippen LogP contribution is -2.14. The van der Waals surface area contributed by atoms with E-state index in [1.165, 1.54) is 6.20 Å². The number of nitrogens with zero attached hydrogens (tertiary/aromatic N) is 2. The third-order valence-corrected chi connectivity index (χ3v) is 6.10. The molecule has 0 unspecified atom stereocenters. The van der Waals surface area contributed by atoms with Crippen LogP contribution in [-0.4, -0.2) is 18.2 Å². The molecule has 27 heavy (non-hydrogen) atoms. The van der Waals surface area contributed by atoms with E-state index >= 15 is 0 Å². The van der Waals surface area contributed by atoms with Gasteiger partial charge in [-0.3, -0.25) is 9.40 Å². The van der Waals surface area contributed by atoms with Gasteiger partial charge in [-0.2, -0.15) is 5.10 Å². The van der Waals surface area contributed by atoms with Crippen LogP contribution in [0.3, 0.4) is 0 Å². The van der Waals surface area contributed by atoms with Gasteiger partial charge in [0.1, 0.15) is 0 Å². The molecule has 7 heteroatoms. The fourth-order valence-corrected chi connectivity index (χ4v) is 3.92. The molecule has 5 nitrogen and oxygen atoms in total. The van der Waals surface area contributed by atoms with Gasteiger partial charge in [-0.15, -0.1) is 0 Å². The average molecular weight is 448 g/mol. The van der Waals surface area contributed by atoms with E-state index in [0.29, 0.717) is 12.2 Å². The minimum atomic E-state index is -3.65. The standard InChI is InChI=1S/C20H22BrN3O2S/c1-20(2,3)16-6-10-19(11-7-16)27(25,26)23-18-12-22-24(14-18)13-15-4-8-17(21)9-5-15/h4-12,14,23H,13H2,1-3H3. The predicted molar refractivity (Wildman–Crippen MR) is 111 cm³/mol. The summed E-state index contributed by atoms with van der Waals surface area (Å²) >= 11 is 3.41. The van der Waals surface area contributed by atoms with E-state index in [0.717, 1.165) is 15.6 Å². The Morgan fingerprint density at radius 1 is 1.04 bits per heavy atom. The number of sulfonamides is 1. The van der Waals surface area contributed by atoms with Crippen LogP contribution in [0.5, 0.6) is 0 Å². The van der Waals surface area contributed by atoms with Gasteiger partial charge in [-0.05, 0) is 40.8 Å². The second-order valence-corrected chi connectivity index (χ2v) is 10.0. The Morgan fingerprint density at radius 2 is 1.67 bits per heavy atom. The summed E-state index contributed by atoms with van der Waals surface area (Å²) in [5, 5.41) is 4.24. The van der Waals surface area contributed by atoms with E-state index in [1.54, 1.807) is 23.0 Å². The summed E-state index contributed by atoms with van der Waals surface area (Å²) in [6, 6.07) is 14.9. The van der Waals surface area contributed by atoms with Crippen LogP contribution in [0.4, 0.5) is 5.69 Å².